The number of likely N-dealkylation sites (tertiary alicyclic amines) is 1. The molecule has 0 radical (unpaired) electrons. The molecule has 1 saturated heterocycles. The number of alkyl halides is 3. The van der Waals surface area contributed by atoms with Crippen molar-refractivity contribution < 1.29 is 27.4 Å². The molecule has 1 aliphatic rings. The number of para-hydroxylation sites is 1. The highest BCUT2D eigenvalue weighted by Crippen LogP contribution is 2.36. The number of rotatable bonds is 5. The molecule has 3 rings (SSSR count). The molecule has 0 spiro atoms. The molecule has 7 heteroatoms. The number of methoxy groups -OCH3 is 1. The van der Waals surface area contributed by atoms with Crippen molar-refractivity contribution in [2.75, 3.05) is 26.8 Å². The molecule has 144 valence electrons. The van der Waals surface area contributed by atoms with Crippen molar-refractivity contribution in [3.05, 3.63) is 59.7 Å². The van der Waals surface area contributed by atoms with Gasteiger partial charge in [0.05, 0.1) is 12.7 Å². The second kappa shape index (κ2) is 7.90. The predicted octanol–water partition coefficient (Wildman–Crippen LogP) is 4.11. The van der Waals surface area contributed by atoms with Crippen molar-refractivity contribution in [3.63, 3.8) is 0 Å². The topological polar surface area (TPSA) is 38.8 Å². The molecule has 1 amide bonds. The summed E-state index contributed by atoms with van der Waals surface area (Å²) in [4.78, 5) is 14.0. The highest BCUT2D eigenvalue weighted by atomic mass is 19.4. The van der Waals surface area contributed by atoms with Crippen LogP contribution < -0.4 is 9.47 Å². The maximum atomic E-state index is 13.0. The highest BCUT2D eigenvalue weighted by Gasteiger charge is 2.34. The van der Waals surface area contributed by atoms with E-state index in [0.717, 1.165) is 23.8 Å². The predicted molar refractivity (Wildman–Crippen MR) is 93.9 cm³/mol. The van der Waals surface area contributed by atoms with Crippen LogP contribution in [0.1, 0.15) is 23.5 Å². The molecule has 0 aliphatic carbocycles. The number of amides is 1. The van der Waals surface area contributed by atoms with Crippen LogP contribution in [0.25, 0.3) is 0 Å². The Morgan fingerprint density at radius 1 is 1.15 bits per heavy atom. The summed E-state index contributed by atoms with van der Waals surface area (Å²) in [5.41, 5.74) is 0.227. The third kappa shape index (κ3) is 4.53. The van der Waals surface area contributed by atoms with Gasteiger partial charge in [-0.3, -0.25) is 4.79 Å². The number of carbonyl (C=O) groups is 1. The fourth-order valence-electron chi connectivity index (χ4n) is 3.19. The fourth-order valence-corrected chi connectivity index (χ4v) is 3.19. The second-order valence-electron chi connectivity index (χ2n) is 6.38. The Morgan fingerprint density at radius 2 is 1.85 bits per heavy atom. The van der Waals surface area contributed by atoms with Crippen LogP contribution in [0, 0.1) is 0 Å². The summed E-state index contributed by atoms with van der Waals surface area (Å²) in [6, 6.07) is 12.6. The molecule has 4 nitrogen and oxygen atoms in total. The largest absolute Gasteiger partial charge is 0.497 e. The van der Waals surface area contributed by atoms with Crippen LogP contribution >= 0.6 is 0 Å². The Bertz CT molecular complexity index is 790. The summed E-state index contributed by atoms with van der Waals surface area (Å²) < 4.78 is 49.3. The van der Waals surface area contributed by atoms with Gasteiger partial charge in [-0.05, 0) is 36.2 Å². The minimum Gasteiger partial charge on any atom is -0.497 e. The summed E-state index contributed by atoms with van der Waals surface area (Å²) in [5.74, 6) is 0.316. The van der Waals surface area contributed by atoms with Crippen LogP contribution in [-0.2, 0) is 11.0 Å². The minimum atomic E-state index is -4.52. The second-order valence-corrected chi connectivity index (χ2v) is 6.38. The molecule has 1 unspecified atom stereocenters. The highest BCUT2D eigenvalue weighted by molar-refractivity contribution is 5.78. The van der Waals surface area contributed by atoms with E-state index in [0.29, 0.717) is 13.1 Å². The van der Waals surface area contributed by atoms with Crippen LogP contribution in [-0.4, -0.2) is 37.6 Å². The average Bonchev–Trinajstić information content (AvgIpc) is 3.16. The van der Waals surface area contributed by atoms with Crippen LogP contribution in [0.2, 0.25) is 0 Å². The maximum Gasteiger partial charge on any atom is 0.419 e. The Hall–Kier alpha value is -2.70. The molecule has 0 aromatic heterocycles. The zero-order valence-electron chi connectivity index (χ0n) is 14.8. The zero-order chi connectivity index (χ0) is 19.4. The van der Waals surface area contributed by atoms with E-state index in [2.05, 4.69) is 0 Å². The normalized spacial score (nSPS) is 17.0. The van der Waals surface area contributed by atoms with Gasteiger partial charge in [0.2, 0.25) is 0 Å². The molecule has 1 atom stereocenters. The summed E-state index contributed by atoms with van der Waals surface area (Å²) in [5, 5.41) is 0. The standard InChI is InChI=1S/C20H20F3NO3/c1-26-16-8-6-14(7-9-16)15-10-11-24(12-15)19(25)13-27-18-5-3-2-4-17(18)20(21,22)23/h2-9,15H,10-13H2,1H3. The molecule has 0 N–H and O–H groups in total. The SMILES string of the molecule is COc1ccc(C2CCN(C(=O)COc3ccccc3C(F)(F)F)C2)cc1. The van der Waals surface area contributed by atoms with Crippen molar-refractivity contribution >= 4 is 5.91 Å². The summed E-state index contributed by atoms with van der Waals surface area (Å²) in [6.45, 7) is 0.664. The Kier molecular flexibility index (Phi) is 5.58. The summed E-state index contributed by atoms with van der Waals surface area (Å²) in [7, 11) is 1.60. The van der Waals surface area contributed by atoms with Crippen molar-refractivity contribution in [3.8, 4) is 11.5 Å². The van der Waals surface area contributed by atoms with E-state index in [9.17, 15) is 18.0 Å². The van der Waals surface area contributed by atoms with E-state index in [-0.39, 0.29) is 17.6 Å². The Morgan fingerprint density at radius 3 is 2.52 bits per heavy atom. The Balaban J connectivity index is 1.58. The lowest BCUT2D eigenvalue weighted by Gasteiger charge is -2.18. The molecule has 1 heterocycles. The first-order chi connectivity index (χ1) is 12.9. The third-order valence-corrected chi connectivity index (χ3v) is 4.67. The lowest BCUT2D eigenvalue weighted by molar-refractivity contribution is -0.140. The van der Waals surface area contributed by atoms with Crippen molar-refractivity contribution in [2.24, 2.45) is 0 Å². The Labute approximate surface area is 155 Å². The quantitative estimate of drug-likeness (QED) is 0.785. The fraction of sp³-hybridized carbons (Fsp3) is 0.350. The van der Waals surface area contributed by atoms with Gasteiger partial charge in [-0.15, -0.1) is 0 Å². The van der Waals surface area contributed by atoms with E-state index >= 15 is 0 Å². The lowest BCUT2D eigenvalue weighted by Crippen LogP contribution is -2.33. The third-order valence-electron chi connectivity index (χ3n) is 4.67. The number of benzene rings is 2. The van der Waals surface area contributed by atoms with Gasteiger partial charge in [0.25, 0.3) is 5.91 Å². The number of hydrogen-bond acceptors (Lipinski definition) is 3. The van der Waals surface area contributed by atoms with Gasteiger partial charge in [-0.25, -0.2) is 0 Å². The number of hydrogen-bond donors (Lipinski definition) is 0. The van der Waals surface area contributed by atoms with Gasteiger partial charge in [-0.1, -0.05) is 24.3 Å². The van der Waals surface area contributed by atoms with Gasteiger partial charge in [0.1, 0.15) is 11.5 Å². The van der Waals surface area contributed by atoms with Crippen molar-refractivity contribution in [1.82, 2.24) is 4.90 Å². The van der Waals surface area contributed by atoms with Crippen molar-refractivity contribution in [2.45, 2.75) is 18.5 Å². The molecule has 0 bridgehead atoms. The first-order valence-corrected chi connectivity index (χ1v) is 8.59. The first kappa shape index (κ1) is 19.1. The molecule has 0 saturated carbocycles. The molecule has 27 heavy (non-hydrogen) atoms. The molecule has 2 aromatic carbocycles. The minimum absolute atomic E-state index is 0.197. The van der Waals surface area contributed by atoms with Gasteiger partial charge in [0.15, 0.2) is 6.61 Å². The number of nitrogens with zero attached hydrogens (tertiary/aromatic N) is 1. The zero-order valence-corrected chi connectivity index (χ0v) is 14.8. The molecular weight excluding hydrogens is 359 g/mol. The molecule has 1 fully saturated rings. The first-order valence-electron chi connectivity index (χ1n) is 8.59. The summed E-state index contributed by atoms with van der Waals surface area (Å²) >= 11 is 0. The van der Waals surface area contributed by atoms with Gasteiger partial charge in [0, 0.05) is 19.0 Å². The van der Waals surface area contributed by atoms with E-state index in [1.165, 1.54) is 18.2 Å². The van der Waals surface area contributed by atoms with Crippen molar-refractivity contribution in [1.29, 1.82) is 0 Å². The van der Waals surface area contributed by atoms with Crippen LogP contribution in [0.3, 0.4) is 0 Å². The lowest BCUT2D eigenvalue weighted by atomic mass is 9.98. The van der Waals surface area contributed by atoms with Crippen LogP contribution in [0.15, 0.2) is 48.5 Å². The molecule has 2 aromatic rings. The van der Waals surface area contributed by atoms with Crippen LogP contribution in [0.5, 0.6) is 11.5 Å². The van der Waals surface area contributed by atoms with Gasteiger partial charge in [-0.2, -0.15) is 13.2 Å². The monoisotopic (exact) mass is 379 g/mol. The summed E-state index contributed by atoms with van der Waals surface area (Å²) in [6.07, 6.45) is -3.72. The maximum absolute atomic E-state index is 13.0. The molecule has 1 aliphatic heterocycles. The van der Waals surface area contributed by atoms with Gasteiger partial charge < -0.3 is 14.4 Å². The average molecular weight is 379 g/mol. The number of halogens is 3. The van der Waals surface area contributed by atoms with E-state index < -0.39 is 18.3 Å². The smallest absolute Gasteiger partial charge is 0.419 e. The van der Waals surface area contributed by atoms with Gasteiger partial charge >= 0.3 is 6.18 Å². The van der Waals surface area contributed by atoms with E-state index in [1.807, 2.05) is 24.3 Å². The number of carbonyl (C=O) groups excluding carboxylic acids is 1. The number of ether oxygens (including phenoxy) is 2. The van der Waals surface area contributed by atoms with E-state index in [4.69, 9.17) is 9.47 Å². The van der Waals surface area contributed by atoms with Crippen LogP contribution in [0.4, 0.5) is 13.2 Å². The van der Waals surface area contributed by atoms with E-state index in [1.54, 1.807) is 12.0 Å². The molecular formula is C20H20F3NO3.